The lowest BCUT2D eigenvalue weighted by atomic mass is 9.82. The maximum atomic E-state index is 11.2. The molecule has 84 valence electrons. The van der Waals surface area contributed by atoms with Gasteiger partial charge in [-0.05, 0) is 61.4 Å². The van der Waals surface area contributed by atoms with Gasteiger partial charge in [-0.25, -0.2) is 4.79 Å². The van der Waals surface area contributed by atoms with Crippen molar-refractivity contribution < 1.29 is 9.90 Å². The van der Waals surface area contributed by atoms with E-state index in [9.17, 15) is 9.90 Å². The van der Waals surface area contributed by atoms with Gasteiger partial charge in [-0.2, -0.15) is 0 Å². The van der Waals surface area contributed by atoms with Gasteiger partial charge < -0.3 is 5.11 Å². The maximum Gasteiger partial charge on any atom is 0.336 e. The van der Waals surface area contributed by atoms with Gasteiger partial charge in [0.1, 0.15) is 0 Å². The Hall–Kier alpha value is -1.57. The topological polar surface area (TPSA) is 37.3 Å². The number of aryl methyl sites for hydroxylation is 1. The van der Waals surface area contributed by atoms with Crippen molar-refractivity contribution in [3.05, 3.63) is 40.5 Å². The molecule has 1 aliphatic carbocycles. The van der Waals surface area contributed by atoms with Gasteiger partial charge in [0, 0.05) is 0 Å². The summed E-state index contributed by atoms with van der Waals surface area (Å²) in [4.78, 5) is 11.2. The summed E-state index contributed by atoms with van der Waals surface area (Å²) in [6.07, 6.45) is 5.16. The molecule has 0 bridgehead atoms. The van der Waals surface area contributed by atoms with Crippen LogP contribution in [0.4, 0.5) is 0 Å². The van der Waals surface area contributed by atoms with Gasteiger partial charge in [0.2, 0.25) is 0 Å². The lowest BCUT2D eigenvalue weighted by Gasteiger charge is -2.22. The monoisotopic (exact) mass is 216 g/mol. The van der Waals surface area contributed by atoms with Crippen LogP contribution in [0.3, 0.4) is 0 Å². The van der Waals surface area contributed by atoms with Gasteiger partial charge in [0.15, 0.2) is 0 Å². The van der Waals surface area contributed by atoms with E-state index in [4.69, 9.17) is 0 Å². The number of hydrogen-bond acceptors (Lipinski definition) is 1. The van der Waals surface area contributed by atoms with Crippen molar-refractivity contribution in [3.8, 4) is 0 Å². The molecular formula is C14H16O2. The van der Waals surface area contributed by atoms with Crippen molar-refractivity contribution in [2.75, 3.05) is 0 Å². The summed E-state index contributed by atoms with van der Waals surface area (Å²) in [7, 11) is 0. The van der Waals surface area contributed by atoms with Crippen LogP contribution >= 0.6 is 0 Å². The number of carboxylic acids is 1. The molecule has 0 saturated heterocycles. The number of carbonyl (C=O) groups is 1. The summed E-state index contributed by atoms with van der Waals surface area (Å²) in [5.41, 5.74) is 5.04. The number of allylic oxidation sites excluding steroid dienone is 2. The number of fused-ring (bicyclic) bond motifs is 1. The van der Waals surface area contributed by atoms with E-state index in [1.54, 1.807) is 6.07 Å². The van der Waals surface area contributed by atoms with Gasteiger partial charge in [0.25, 0.3) is 0 Å². The first-order chi connectivity index (χ1) is 7.65. The molecule has 0 amide bonds. The number of aromatic carboxylic acids is 1. The Balaban J connectivity index is 2.72. The minimum atomic E-state index is -0.822. The molecule has 0 aliphatic heterocycles. The third kappa shape index (κ3) is 1.64. The molecule has 0 aromatic heterocycles. The highest BCUT2D eigenvalue weighted by Crippen LogP contribution is 2.35. The summed E-state index contributed by atoms with van der Waals surface area (Å²) in [6, 6.07) is 3.65. The molecule has 0 saturated carbocycles. The average Bonchev–Trinajstić information content (AvgIpc) is 2.28. The number of benzene rings is 1. The molecule has 0 spiro atoms. The zero-order valence-corrected chi connectivity index (χ0v) is 9.71. The van der Waals surface area contributed by atoms with Gasteiger partial charge in [0.05, 0.1) is 5.56 Å². The van der Waals surface area contributed by atoms with E-state index >= 15 is 0 Å². The van der Waals surface area contributed by atoms with E-state index < -0.39 is 5.97 Å². The molecule has 2 rings (SSSR count). The van der Waals surface area contributed by atoms with Crippen molar-refractivity contribution in [2.45, 2.75) is 33.1 Å². The summed E-state index contributed by atoms with van der Waals surface area (Å²) < 4.78 is 0. The van der Waals surface area contributed by atoms with Crippen LogP contribution in [0.1, 0.15) is 46.8 Å². The first kappa shape index (κ1) is 10.9. The molecule has 0 unspecified atom stereocenters. The largest absolute Gasteiger partial charge is 0.478 e. The SMILES string of the molecule is C/C=C1\CCCc2c(C)ccc(C(=O)O)c21. The number of carboxylic acid groups (broad SMARTS) is 1. The molecule has 0 atom stereocenters. The quantitative estimate of drug-likeness (QED) is 0.780. The van der Waals surface area contributed by atoms with Gasteiger partial charge in [-0.3, -0.25) is 0 Å². The fourth-order valence-electron chi connectivity index (χ4n) is 2.49. The standard InChI is InChI=1S/C14H16O2/c1-3-10-5-4-6-11-9(2)7-8-12(13(10)11)14(15)16/h3,7-8H,4-6H2,1-2H3,(H,15,16)/b10-3+. The second kappa shape index (κ2) is 4.12. The smallest absolute Gasteiger partial charge is 0.336 e. The number of hydrogen-bond donors (Lipinski definition) is 1. The molecule has 0 fully saturated rings. The van der Waals surface area contributed by atoms with Crippen LogP contribution in [0.2, 0.25) is 0 Å². The lowest BCUT2D eigenvalue weighted by molar-refractivity contribution is 0.0696. The van der Waals surface area contributed by atoms with Crippen molar-refractivity contribution in [1.29, 1.82) is 0 Å². The van der Waals surface area contributed by atoms with Crippen molar-refractivity contribution in [1.82, 2.24) is 0 Å². The molecule has 0 heterocycles. The fraction of sp³-hybridized carbons (Fsp3) is 0.357. The maximum absolute atomic E-state index is 11.2. The Bertz CT molecular complexity index is 470. The Morgan fingerprint density at radius 3 is 2.75 bits per heavy atom. The third-order valence-electron chi connectivity index (χ3n) is 3.32. The minimum Gasteiger partial charge on any atom is -0.478 e. The Labute approximate surface area is 95.6 Å². The first-order valence-electron chi connectivity index (χ1n) is 5.66. The minimum absolute atomic E-state index is 0.452. The number of rotatable bonds is 1. The van der Waals surface area contributed by atoms with E-state index in [2.05, 4.69) is 6.92 Å². The van der Waals surface area contributed by atoms with Crippen LogP contribution < -0.4 is 0 Å². The zero-order chi connectivity index (χ0) is 11.7. The Morgan fingerprint density at radius 1 is 1.38 bits per heavy atom. The summed E-state index contributed by atoms with van der Waals surface area (Å²) in [5, 5.41) is 9.22. The van der Waals surface area contributed by atoms with E-state index in [1.807, 2.05) is 19.1 Å². The Morgan fingerprint density at radius 2 is 2.12 bits per heavy atom. The highest BCUT2D eigenvalue weighted by Gasteiger charge is 2.21. The van der Waals surface area contributed by atoms with Crippen molar-refractivity contribution in [3.63, 3.8) is 0 Å². The molecule has 0 radical (unpaired) electrons. The molecule has 1 aliphatic rings. The average molecular weight is 216 g/mol. The second-order valence-electron chi connectivity index (χ2n) is 4.26. The molecule has 2 nitrogen and oxygen atoms in total. The van der Waals surface area contributed by atoms with Crippen molar-refractivity contribution in [2.24, 2.45) is 0 Å². The van der Waals surface area contributed by atoms with E-state index in [1.165, 1.54) is 16.7 Å². The van der Waals surface area contributed by atoms with Crippen LogP contribution in [-0.4, -0.2) is 11.1 Å². The van der Waals surface area contributed by atoms with Gasteiger partial charge in [-0.1, -0.05) is 12.1 Å². The second-order valence-corrected chi connectivity index (χ2v) is 4.26. The van der Waals surface area contributed by atoms with Crippen LogP contribution in [0.5, 0.6) is 0 Å². The highest BCUT2D eigenvalue weighted by atomic mass is 16.4. The van der Waals surface area contributed by atoms with Gasteiger partial charge in [-0.15, -0.1) is 0 Å². The molecule has 2 heteroatoms. The molecule has 1 aromatic rings. The Kier molecular flexibility index (Phi) is 2.82. The first-order valence-corrected chi connectivity index (χ1v) is 5.66. The molecular weight excluding hydrogens is 200 g/mol. The molecule has 16 heavy (non-hydrogen) atoms. The van der Waals surface area contributed by atoms with E-state index in [0.29, 0.717) is 5.56 Å². The van der Waals surface area contributed by atoms with Gasteiger partial charge >= 0.3 is 5.97 Å². The van der Waals surface area contributed by atoms with Crippen molar-refractivity contribution >= 4 is 11.5 Å². The summed E-state index contributed by atoms with van der Waals surface area (Å²) >= 11 is 0. The van der Waals surface area contributed by atoms with E-state index in [0.717, 1.165) is 24.8 Å². The zero-order valence-electron chi connectivity index (χ0n) is 9.71. The third-order valence-corrected chi connectivity index (χ3v) is 3.32. The normalized spacial score (nSPS) is 17.2. The highest BCUT2D eigenvalue weighted by molar-refractivity contribution is 5.95. The van der Waals surface area contributed by atoms with Crippen LogP contribution in [0.15, 0.2) is 18.2 Å². The van der Waals surface area contributed by atoms with Crippen LogP contribution in [0.25, 0.3) is 5.57 Å². The molecule has 1 aromatic carbocycles. The summed E-state index contributed by atoms with van der Waals surface area (Å²) in [6.45, 7) is 4.04. The van der Waals surface area contributed by atoms with E-state index in [-0.39, 0.29) is 0 Å². The van der Waals surface area contributed by atoms with Crippen LogP contribution in [-0.2, 0) is 6.42 Å². The predicted molar refractivity (Wildman–Crippen MR) is 64.7 cm³/mol. The van der Waals surface area contributed by atoms with Crippen LogP contribution in [0, 0.1) is 6.92 Å². The predicted octanol–water partition coefficient (Wildman–Crippen LogP) is 3.43. The lowest BCUT2D eigenvalue weighted by Crippen LogP contribution is -2.11. The molecule has 1 N–H and O–H groups in total. The fourth-order valence-corrected chi connectivity index (χ4v) is 2.49. The summed E-state index contributed by atoms with van der Waals surface area (Å²) in [5.74, 6) is -0.822.